The van der Waals surface area contributed by atoms with Crippen LogP contribution in [-0.2, 0) is 0 Å². The van der Waals surface area contributed by atoms with Gasteiger partial charge in [-0.2, -0.15) is 0 Å². The summed E-state index contributed by atoms with van der Waals surface area (Å²) in [5.74, 6) is 2.30. The lowest BCUT2D eigenvalue weighted by Crippen LogP contribution is -2.21. The van der Waals surface area contributed by atoms with Crippen molar-refractivity contribution in [2.24, 2.45) is 0 Å². The minimum absolute atomic E-state index is 0.376. The molecular formula is C11H18BrN3. The van der Waals surface area contributed by atoms with Crippen molar-refractivity contribution >= 4 is 21.7 Å². The molecule has 1 rings (SSSR count). The van der Waals surface area contributed by atoms with Crippen molar-refractivity contribution in [2.75, 3.05) is 23.8 Å². The number of aromatic nitrogens is 2. The highest BCUT2D eigenvalue weighted by molar-refractivity contribution is 9.09. The van der Waals surface area contributed by atoms with Crippen LogP contribution < -0.4 is 4.90 Å². The molecule has 0 fully saturated rings. The van der Waals surface area contributed by atoms with Gasteiger partial charge in [0.1, 0.15) is 11.6 Å². The highest BCUT2D eigenvalue weighted by atomic mass is 79.9. The van der Waals surface area contributed by atoms with Crippen LogP contribution in [0.25, 0.3) is 0 Å². The van der Waals surface area contributed by atoms with Crippen molar-refractivity contribution in [1.29, 1.82) is 0 Å². The first-order valence-electron chi connectivity index (χ1n) is 5.17. The van der Waals surface area contributed by atoms with E-state index in [2.05, 4.69) is 44.6 Å². The maximum Gasteiger partial charge on any atom is 0.133 e. The molecule has 0 saturated heterocycles. The Balaban J connectivity index is 2.98. The summed E-state index contributed by atoms with van der Waals surface area (Å²) >= 11 is 3.43. The summed E-state index contributed by atoms with van der Waals surface area (Å²) in [6.07, 6.45) is 0. The highest BCUT2D eigenvalue weighted by Gasteiger charge is 2.08. The molecule has 15 heavy (non-hydrogen) atoms. The lowest BCUT2D eigenvalue weighted by Gasteiger charge is -2.18. The van der Waals surface area contributed by atoms with E-state index in [0.29, 0.717) is 5.92 Å². The van der Waals surface area contributed by atoms with Gasteiger partial charge in [-0.3, -0.25) is 0 Å². The van der Waals surface area contributed by atoms with Crippen LogP contribution in [0.2, 0.25) is 0 Å². The van der Waals surface area contributed by atoms with Gasteiger partial charge in [0.05, 0.1) is 0 Å². The van der Waals surface area contributed by atoms with Crippen molar-refractivity contribution < 1.29 is 0 Å². The fourth-order valence-corrected chi connectivity index (χ4v) is 1.80. The van der Waals surface area contributed by atoms with Crippen molar-refractivity contribution in [2.45, 2.75) is 26.7 Å². The molecule has 1 heterocycles. The van der Waals surface area contributed by atoms with Gasteiger partial charge in [0.25, 0.3) is 0 Å². The Morgan fingerprint density at radius 3 is 2.60 bits per heavy atom. The lowest BCUT2D eigenvalue weighted by molar-refractivity contribution is 0.758. The molecule has 1 aromatic heterocycles. The van der Waals surface area contributed by atoms with Gasteiger partial charge in [0.2, 0.25) is 0 Å². The average molecular weight is 272 g/mol. The molecule has 0 atom stereocenters. The molecule has 0 aliphatic rings. The predicted octanol–water partition coefficient (Wildman–Crippen LogP) is 2.74. The number of aryl methyl sites for hydroxylation is 1. The third-order valence-corrected chi connectivity index (χ3v) is 2.54. The number of hydrogen-bond donors (Lipinski definition) is 0. The van der Waals surface area contributed by atoms with Crippen molar-refractivity contribution in [3.05, 3.63) is 17.6 Å². The van der Waals surface area contributed by atoms with E-state index in [0.717, 1.165) is 29.2 Å². The van der Waals surface area contributed by atoms with Crippen LogP contribution >= 0.6 is 15.9 Å². The van der Waals surface area contributed by atoms with Gasteiger partial charge in [-0.15, -0.1) is 0 Å². The minimum Gasteiger partial charge on any atom is -0.359 e. The van der Waals surface area contributed by atoms with Gasteiger partial charge in [0.15, 0.2) is 0 Å². The highest BCUT2D eigenvalue weighted by Crippen LogP contribution is 2.16. The number of hydrogen-bond acceptors (Lipinski definition) is 3. The van der Waals surface area contributed by atoms with Gasteiger partial charge in [-0.25, -0.2) is 9.97 Å². The molecule has 0 unspecified atom stereocenters. The summed E-state index contributed by atoms with van der Waals surface area (Å²) in [6, 6.07) is 2.02. The van der Waals surface area contributed by atoms with E-state index in [9.17, 15) is 0 Å². The average Bonchev–Trinajstić information content (AvgIpc) is 2.17. The fraction of sp³-hybridized carbons (Fsp3) is 0.636. The lowest BCUT2D eigenvalue weighted by atomic mass is 10.2. The van der Waals surface area contributed by atoms with Gasteiger partial charge in [-0.05, 0) is 6.92 Å². The molecule has 0 aliphatic heterocycles. The maximum atomic E-state index is 4.55. The smallest absolute Gasteiger partial charge is 0.133 e. The Labute approximate surface area is 100 Å². The first-order chi connectivity index (χ1) is 7.04. The molecule has 0 spiro atoms. The van der Waals surface area contributed by atoms with Crippen molar-refractivity contribution in [1.82, 2.24) is 9.97 Å². The minimum atomic E-state index is 0.376. The van der Waals surface area contributed by atoms with Crippen LogP contribution in [-0.4, -0.2) is 28.9 Å². The molecule has 0 radical (unpaired) electrons. The summed E-state index contributed by atoms with van der Waals surface area (Å²) in [5, 5.41) is 0.948. The molecule has 0 aliphatic carbocycles. The standard InChI is InChI=1S/C11H18BrN3/c1-8(2)11-13-9(3)7-10(14-11)15(4)6-5-12/h7-8H,5-6H2,1-4H3. The molecule has 0 saturated carbocycles. The first kappa shape index (κ1) is 12.4. The largest absolute Gasteiger partial charge is 0.359 e. The van der Waals surface area contributed by atoms with E-state index < -0.39 is 0 Å². The van der Waals surface area contributed by atoms with E-state index >= 15 is 0 Å². The summed E-state index contributed by atoms with van der Waals surface area (Å²) in [7, 11) is 2.05. The maximum absolute atomic E-state index is 4.55. The summed E-state index contributed by atoms with van der Waals surface area (Å²) < 4.78 is 0. The quantitative estimate of drug-likeness (QED) is 0.789. The zero-order chi connectivity index (χ0) is 11.4. The Hall–Kier alpha value is -0.640. The van der Waals surface area contributed by atoms with Gasteiger partial charge >= 0.3 is 0 Å². The number of alkyl halides is 1. The van der Waals surface area contributed by atoms with E-state index in [-0.39, 0.29) is 0 Å². The molecular weight excluding hydrogens is 254 g/mol. The monoisotopic (exact) mass is 271 g/mol. The second-order valence-electron chi connectivity index (χ2n) is 3.99. The normalized spacial score (nSPS) is 10.8. The molecule has 84 valence electrons. The molecule has 1 aromatic rings. The van der Waals surface area contributed by atoms with Gasteiger partial charge < -0.3 is 4.90 Å². The molecule has 0 bridgehead atoms. The van der Waals surface area contributed by atoms with E-state index in [4.69, 9.17) is 0 Å². The fourth-order valence-electron chi connectivity index (χ4n) is 1.27. The van der Waals surface area contributed by atoms with Crippen LogP contribution in [0.3, 0.4) is 0 Å². The molecule has 0 aromatic carbocycles. The Morgan fingerprint density at radius 1 is 1.40 bits per heavy atom. The van der Waals surface area contributed by atoms with Gasteiger partial charge in [0, 0.05) is 36.6 Å². The predicted molar refractivity (Wildman–Crippen MR) is 67.9 cm³/mol. The van der Waals surface area contributed by atoms with E-state index in [1.807, 2.05) is 20.0 Å². The SMILES string of the molecule is Cc1cc(N(C)CCBr)nc(C(C)C)n1. The van der Waals surface area contributed by atoms with Crippen LogP contribution in [0, 0.1) is 6.92 Å². The Morgan fingerprint density at radius 2 is 2.07 bits per heavy atom. The third kappa shape index (κ3) is 3.45. The molecule has 0 N–H and O–H groups in total. The first-order valence-corrected chi connectivity index (χ1v) is 6.29. The van der Waals surface area contributed by atoms with E-state index in [1.54, 1.807) is 0 Å². The van der Waals surface area contributed by atoms with Crippen LogP contribution in [0.1, 0.15) is 31.3 Å². The van der Waals surface area contributed by atoms with Crippen LogP contribution in [0.4, 0.5) is 5.82 Å². The zero-order valence-corrected chi connectivity index (χ0v) is 11.4. The molecule has 3 nitrogen and oxygen atoms in total. The van der Waals surface area contributed by atoms with E-state index in [1.165, 1.54) is 0 Å². The van der Waals surface area contributed by atoms with Crippen molar-refractivity contribution in [3.8, 4) is 0 Å². The van der Waals surface area contributed by atoms with Crippen LogP contribution in [0.5, 0.6) is 0 Å². The summed E-state index contributed by atoms with van der Waals surface area (Å²) in [4.78, 5) is 11.1. The Bertz CT molecular complexity index is 326. The second-order valence-corrected chi connectivity index (χ2v) is 4.78. The summed E-state index contributed by atoms with van der Waals surface area (Å²) in [5.41, 5.74) is 1.03. The third-order valence-electron chi connectivity index (χ3n) is 2.19. The molecule has 0 amide bonds. The molecule has 4 heteroatoms. The Kier molecular flexibility index (Phi) is 4.51. The second kappa shape index (κ2) is 5.45. The van der Waals surface area contributed by atoms with Crippen LogP contribution in [0.15, 0.2) is 6.07 Å². The van der Waals surface area contributed by atoms with Gasteiger partial charge in [-0.1, -0.05) is 29.8 Å². The summed E-state index contributed by atoms with van der Waals surface area (Å²) in [6.45, 7) is 7.19. The zero-order valence-electron chi connectivity index (χ0n) is 9.79. The number of halogens is 1. The number of rotatable bonds is 4. The number of anilines is 1. The van der Waals surface area contributed by atoms with Crippen molar-refractivity contribution in [3.63, 3.8) is 0 Å². The number of nitrogens with zero attached hydrogens (tertiary/aromatic N) is 3. The topological polar surface area (TPSA) is 29.0 Å².